The molecule has 0 aromatic rings. The number of amides is 1. The second kappa shape index (κ2) is 5.49. The van der Waals surface area contributed by atoms with E-state index >= 15 is 0 Å². The maximum absolute atomic E-state index is 11.7. The minimum absolute atomic E-state index is 0.0885. The summed E-state index contributed by atoms with van der Waals surface area (Å²) in [6.07, 6.45) is 2.73. The Bertz CT molecular complexity index is 301. The predicted octanol–water partition coefficient (Wildman–Crippen LogP) is 0.434. The zero-order valence-electron chi connectivity index (χ0n) is 10.2. The molecule has 1 aliphatic carbocycles. The molecular formula is C12H19NO4. The van der Waals surface area contributed by atoms with Gasteiger partial charge in [-0.05, 0) is 18.8 Å². The number of carbonyl (C=O) groups excluding carboxylic acids is 2. The van der Waals surface area contributed by atoms with E-state index in [4.69, 9.17) is 9.47 Å². The van der Waals surface area contributed by atoms with Crippen LogP contribution >= 0.6 is 0 Å². The van der Waals surface area contributed by atoms with E-state index in [1.54, 1.807) is 12.0 Å². The molecule has 1 amide bonds. The van der Waals surface area contributed by atoms with Gasteiger partial charge >= 0.3 is 5.97 Å². The van der Waals surface area contributed by atoms with E-state index in [-0.39, 0.29) is 24.4 Å². The largest absolute Gasteiger partial charge is 0.463 e. The molecule has 0 bridgehead atoms. The van der Waals surface area contributed by atoms with Crippen LogP contribution in [0.4, 0.5) is 0 Å². The predicted molar refractivity (Wildman–Crippen MR) is 60.2 cm³/mol. The van der Waals surface area contributed by atoms with Crippen molar-refractivity contribution in [2.45, 2.75) is 19.3 Å². The molecule has 0 aromatic carbocycles. The Morgan fingerprint density at radius 3 is 2.82 bits per heavy atom. The number of ether oxygens (including phenoxy) is 2. The SMILES string of the molecule is COCCOC(=O)C1CC(=O)N(CC2CC2)C1. The van der Waals surface area contributed by atoms with E-state index in [0.29, 0.717) is 25.5 Å². The average Bonchev–Trinajstić information content (AvgIpc) is 3.03. The van der Waals surface area contributed by atoms with E-state index in [0.717, 1.165) is 6.54 Å². The molecule has 1 unspecified atom stereocenters. The smallest absolute Gasteiger partial charge is 0.311 e. The zero-order valence-corrected chi connectivity index (χ0v) is 10.2. The van der Waals surface area contributed by atoms with Gasteiger partial charge in [-0.25, -0.2) is 0 Å². The van der Waals surface area contributed by atoms with Crippen molar-refractivity contribution in [2.75, 3.05) is 33.4 Å². The van der Waals surface area contributed by atoms with Crippen molar-refractivity contribution >= 4 is 11.9 Å². The number of carbonyl (C=O) groups is 2. The van der Waals surface area contributed by atoms with Crippen LogP contribution in [0.15, 0.2) is 0 Å². The van der Waals surface area contributed by atoms with Crippen molar-refractivity contribution in [3.63, 3.8) is 0 Å². The quantitative estimate of drug-likeness (QED) is 0.500. The van der Waals surface area contributed by atoms with Gasteiger partial charge in [-0.15, -0.1) is 0 Å². The third kappa shape index (κ3) is 3.43. The topological polar surface area (TPSA) is 55.8 Å². The van der Waals surface area contributed by atoms with Crippen molar-refractivity contribution in [2.24, 2.45) is 11.8 Å². The van der Waals surface area contributed by atoms with Crippen molar-refractivity contribution in [1.82, 2.24) is 4.90 Å². The Labute approximate surface area is 101 Å². The fourth-order valence-electron chi connectivity index (χ4n) is 2.06. The first-order valence-corrected chi connectivity index (χ1v) is 6.14. The van der Waals surface area contributed by atoms with E-state index in [2.05, 4.69) is 0 Å². The minimum atomic E-state index is -0.280. The van der Waals surface area contributed by atoms with Crippen LogP contribution in [0.2, 0.25) is 0 Å². The number of methoxy groups -OCH3 is 1. The van der Waals surface area contributed by atoms with Crippen molar-refractivity contribution in [1.29, 1.82) is 0 Å². The monoisotopic (exact) mass is 241 g/mol. The summed E-state index contributed by atoms with van der Waals surface area (Å²) in [6.45, 7) is 2.02. The standard InChI is InChI=1S/C12H19NO4/c1-16-4-5-17-12(15)10-6-11(14)13(8-10)7-9-2-3-9/h9-10H,2-8H2,1H3. The van der Waals surface area contributed by atoms with Gasteiger partial charge in [-0.1, -0.05) is 0 Å². The Hall–Kier alpha value is -1.10. The molecular weight excluding hydrogens is 222 g/mol. The zero-order chi connectivity index (χ0) is 12.3. The second-order valence-corrected chi connectivity index (χ2v) is 4.80. The fraction of sp³-hybridized carbons (Fsp3) is 0.833. The molecule has 17 heavy (non-hydrogen) atoms. The maximum Gasteiger partial charge on any atom is 0.311 e. The number of hydrogen-bond acceptors (Lipinski definition) is 4. The normalized spacial score (nSPS) is 24.2. The van der Waals surface area contributed by atoms with E-state index in [1.165, 1.54) is 12.8 Å². The van der Waals surface area contributed by atoms with Crippen LogP contribution in [0.3, 0.4) is 0 Å². The third-order valence-corrected chi connectivity index (χ3v) is 3.26. The average molecular weight is 241 g/mol. The molecule has 0 spiro atoms. The molecule has 0 N–H and O–H groups in total. The number of hydrogen-bond donors (Lipinski definition) is 0. The van der Waals surface area contributed by atoms with Crippen LogP contribution in [0.25, 0.3) is 0 Å². The molecule has 0 radical (unpaired) electrons. The van der Waals surface area contributed by atoms with Crippen LogP contribution in [0, 0.1) is 11.8 Å². The number of nitrogens with zero attached hydrogens (tertiary/aromatic N) is 1. The minimum Gasteiger partial charge on any atom is -0.463 e. The lowest BCUT2D eigenvalue weighted by Crippen LogP contribution is -2.29. The van der Waals surface area contributed by atoms with Crippen LogP contribution in [-0.4, -0.2) is 50.2 Å². The van der Waals surface area contributed by atoms with E-state index in [1.807, 2.05) is 0 Å². The van der Waals surface area contributed by atoms with Crippen LogP contribution in [0.5, 0.6) is 0 Å². The van der Waals surface area contributed by atoms with Gasteiger partial charge in [-0.2, -0.15) is 0 Å². The molecule has 96 valence electrons. The molecule has 5 nitrogen and oxygen atoms in total. The van der Waals surface area contributed by atoms with Gasteiger partial charge in [0, 0.05) is 26.6 Å². The van der Waals surface area contributed by atoms with Gasteiger partial charge < -0.3 is 14.4 Å². The molecule has 2 fully saturated rings. The highest BCUT2D eigenvalue weighted by atomic mass is 16.6. The summed E-state index contributed by atoms with van der Waals surface area (Å²) in [5.74, 6) is 0.208. The number of rotatable bonds is 6. The van der Waals surface area contributed by atoms with Crippen molar-refractivity contribution in [3.05, 3.63) is 0 Å². The van der Waals surface area contributed by atoms with Gasteiger partial charge in [-0.3, -0.25) is 9.59 Å². The van der Waals surface area contributed by atoms with Gasteiger partial charge in [0.25, 0.3) is 0 Å². The van der Waals surface area contributed by atoms with Crippen molar-refractivity contribution < 1.29 is 19.1 Å². The molecule has 2 aliphatic rings. The lowest BCUT2D eigenvalue weighted by atomic mass is 10.1. The Kier molecular flexibility index (Phi) is 3.99. The Morgan fingerprint density at radius 2 is 2.18 bits per heavy atom. The lowest BCUT2D eigenvalue weighted by molar-refractivity contribution is -0.149. The number of esters is 1. The highest BCUT2D eigenvalue weighted by molar-refractivity contribution is 5.86. The summed E-state index contributed by atoms with van der Waals surface area (Å²) in [7, 11) is 1.56. The molecule has 1 saturated carbocycles. The summed E-state index contributed by atoms with van der Waals surface area (Å²) < 4.78 is 9.84. The van der Waals surface area contributed by atoms with Gasteiger partial charge in [0.05, 0.1) is 12.5 Å². The maximum atomic E-state index is 11.7. The first-order valence-electron chi connectivity index (χ1n) is 6.14. The van der Waals surface area contributed by atoms with E-state index in [9.17, 15) is 9.59 Å². The number of likely N-dealkylation sites (tertiary alicyclic amines) is 1. The summed E-state index contributed by atoms with van der Waals surface area (Å²) in [5.41, 5.74) is 0. The van der Waals surface area contributed by atoms with Crippen molar-refractivity contribution in [3.8, 4) is 0 Å². The third-order valence-electron chi connectivity index (χ3n) is 3.26. The van der Waals surface area contributed by atoms with Gasteiger partial charge in [0.15, 0.2) is 0 Å². The molecule has 5 heteroatoms. The highest BCUT2D eigenvalue weighted by Gasteiger charge is 2.37. The van der Waals surface area contributed by atoms with Crippen LogP contribution in [-0.2, 0) is 19.1 Å². The van der Waals surface area contributed by atoms with Crippen LogP contribution in [0.1, 0.15) is 19.3 Å². The second-order valence-electron chi connectivity index (χ2n) is 4.80. The molecule has 1 saturated heterocycles. The fourth-order valence-corrected chi connectivity index (χ4v) is 2.06. The summed E-state index contributed by atoms with van der Waals surface area (Å²) >= 11 is 0. The van der Waals surface area contributed by atoms with Crippen LogP contribution < -0.4 is 0 Å². The molecule has 0 aromatic heterocycles. The summed E-state index contributed by atoms with van der Waals surface area (Å²) in [5, 5.41) is 0. The molecule has 2 rings (SSSR count). The Balaban J connectivity index is 1.74. The first-order chi connectivity index (χ1) is 8.20. The van der Waals surface area contributed by atoms with Gasteiger partial charge in [0.2, 0.25) is 5.91 Å². The molecule has 1 atom stereocenters. The van der Waals surface area contributed by atoms with E-state index < -0.39 is 0 Å². The Morgan fingerprint density at radius 1 is 1.41 bits per heavy atom. The highest BCUT2D eigenvalue weighted by Crippen LogP contribution is 2.32. The molecule has 1 aliphatic heterocycles. The summed E-state index contributed by atoms with van der Waals surface area (Å²) in [6, 6.07) is 0. The molecule has 1 heterocycles. The summed E-state index contributed by atoms with van der Waals surface area (Å²) in [4.78, 5) is 25.1. The lowest BCUT2D eigenvalue weighted by Gasteiger charge is -2.15. The van der Waals surface area contributed by atoms with Gasteiger partial charge in [0.1, 0.15) is 6.61 Å². The first kappa shape index (κ1) is 12.4.